The van der Waals surface area contributed by atoms with Gasteiger partial charge in [-0.15, -0.1) is 0 Å². The number of imidazole rings is 1. The zero-order valence-corrected chi connectivity index (χ0v) is 12.6. The monoisotopic (exact) mass is 330 g/mol. The van der Waals surface area contributed by atoms with Crippen molar-refractivity contribution in [2.75, 3.05) is 0 Å². The van der Waals surface area contributed by atoms with Crippen LogP contribution in [0.5, 0.6) is 0 Å². The maximum Gasteiger partial charge on any atom is 0.303 e. The number of nitrogens with zero attached hydrogens (tertiary/aromatic N) is 2. The lowest BCUT2D eigenvalue weighted by Crippen LogP contribution is -2.04. The number of aryl methyl sites for hydroxylation is 2. The molecule has 0 fully saturated rings. The number of hydrogen-bond donors (Lipinski definition) is 0. The number of esters is 1. The minimum absolute atomic E-state index is 0.146. The predicted octanol–water partition coefficient (Wildman–Crippen LogP) is 3.36. The van der Waals surface area contributed by atoms with E-state index in [0.29, 0.717) is 16.4 Å². The summed E-state index contributed by atoms with van der Waals surface area (Å²) in [5, 5.41) is 0.578. The van der Waals surface area contributed by atoms with Gasteiger partial charge in [0.1, 0.15) is 17.9 Å². The van der Waals surface area contributed by atoms with Crippen molar-refractivity contribution in [1.29, 1.82) is 0 Å². The maximum atomic E-state index is 10.8. The number of aromatic nitrogens is 2. The fourth-order valence-electron chi connectivity index (χ4n) is 1.73. The van der Waals surface area contributed by atoms with E-state index in [1.54, 1.807) is 0 Å². The Hall–Kier alpha value is -1.07. The smallest absolute Gasteiger partial charge is 0.303 e. The molecule has 0 unspecified atom stereocenters. The summed E-state index contributed by atoms with van der Waals surface area (Å²) in [7, 11) is 1.87. The summed E-state index contributed by atoms with van der Waals surface area (Å²) >= 11 is 9.68. The van der Waals surface area contributed by atoms with Gasteiger partial charge < -0.3 is 9.30 Å². The number of fused-ring (bicyclic) bond motifs is 1. The molecular formula is C12H12BrClN2O2. The Morgan fingerprint density at radius 1 is 1.61 bits per heavy atom. The van der Waals surface area contributed by atoms with E-state index in [-0.39, 0.29) is 12.6 Å². The van der Waals surface area contributed by atoms with E-state index in [0.717, 1.165) is 15.6 Å². The third kappa shape index (κ3) is 2.24. The van der Waals surface area contributed by atoms with Crippen molar-refractivity contribution >= 4 is 44.5 Å². The van der Waals surface area contributed by atoms with Gasteiger partial charge in [-0.1, -0.05) is 11.6 Å². The number of carbonyl (C=O) groups excluding carboxylic acids is 1. The van der Waals surface area contributed by atoms with Crippen molar-refractivity contribution in [3.8, 4) is 0 Å². The van der Waals surface area contributed by atoms with Gasteiger partial charge in [-0.3, -0.25) is 4.79 Å². The molecular weight excluding hydrogens is 320 g/mol. The van der Waals surface area contributed by atoms with Crippen LogP contribution in [0.2, 0.25) is 5.02 Å². The molecule has 96 valence electrons. The molecule has 0 saturated carbocycles. The normalized spacial score (nSPS) is 10.9. The highest BCUT2D eigenvalue weighted by atomic mass is 79.9. The first kappa shape index (κ1) is 13.4. The van der Waals surface area contributed by atoms with Crippen LogP contribution in [-0.4, -0.2) is 15.5 Å². The van der Waals surface area contributed by atoms with E-state index in [2.05, 4.69) is 20.9 Å². The van der Waals surface area contributed by atoms with Crippen LogP contribution in [0.15, 0.2) is 10.5 Å². The molecule has 18 heavy (non-hydrogen) atoms. The van der Waals surface area contributed by atoms with Crippen LogP contribution < -0.4 is 0 Å². The number of rotatable bonds is 2. The second-order valence-corrected chi connectivity index (χ2v) is 5.23. The summed E-state index contributed by atoms with van der Waals surface area (Å²) in [4.78, 5) is 15.2. The van der Waals surface area contributed by atoms with E-state index < -0.39 is 0 Å². The second kappa shape index (κ2) is 4.90. The predicted molar refractivity (Wildman–Crippen MR) is 73.6 cm³/mol. The minimum Gasteiger partial charge on any atom is -0.458 e. The fourth-order valence-corrected chi connectivity index (χ4v) is 2.32. The molecule has 0 saturated heterocycles. The first-order valence-corrected chi connectivity index (χ1v) is 6.52. The molecule has 0 atom stereocenters. The summed E-state index contributed by atoms with van der Waals surface area (Å²) in [5.41, 5.74) is 2.66. The molecule has 0 aliphatic carbocycles. The standard InChI is InChI=1S/C12H12BrClN2O2/c1-6-4-8-12(11(14)10(6)13)15-9(16(8)3)5-18-7(2)17/h4H,5H2,1-3H3. The van der Waals surface area contributed by atoms with Gasteiger partial charge in [0.15, 0.2) is 0 Å². The molecule has 0 spiro atoms. The van der Waals surface area contributed by atoms with Crippen molar-refractivity contribution in [3.63, 3.8) is 0 Å². The van der Waals surface area contributed by atoms with Crippen LogP contribution in [0.3, 0.4) is 0 Å². The van der Waals surface area contributed by atoms with E-state index in [9.17, 15) is 4.79 Å². The Labute approximate surface area is 118 Å². The Bertz CT molecular complexity index is 637. The van der Waals surface area contributed by atoms with E-state index in [1.807, 2.05) is 24.6 Å². The molecule has 0 bridgehead atoms. The summed E-state index contributed by atoms with van der Waals surface area (Å²) < 4.78 is 7.68. The highest BCUT2D eigenvalue weighted by Crippen LogP contribution is 2.33. The number of carbonyl (C=O) groups is 1. The molecule has 1 aromatic heterocycles. The number of hydrogen-bond acceptors (Lipinski definition) is 3. The van der Waals surface area contributed by atoms with Gasteiger partial charge in [0.25, 0.3) is 0 Å². The Kier molecular flexibility index (Phi) is 3.64. The molecule has 0 N–H and O–H groups in total. The number of halogens is 2. The molecule has 2 rings (SSSR count). The third-order valence-electron chi connectivity index (χ3n) is 2.74. The van der Waals surface area contributed by atoms with Crippen molar-refractivity contribution in [1.82, 2.24) is 9.55 Å². The molecule has 2 aromatic rings. The molecule has 0 radical (unpaired) electrons. The quantitative estimate of drug-likeness (QED) is 0.793. The van der Waals surface area contributed by atoms with Crippen molar-refractivity contribution in [3.05, 3.63) is 26.9 Å². The SMILES string of the molecule is CC(=O)OCc1nc2c(Cl)c(Br)c(C)cc2n1C. The van der Waals surface area contributed by atoms with Crippen LogP contribution in [0.4, 0.5) is 0 Å². The summed E-state index contributed by atoms with van der Waals surface area (Å²) in [6.07, 6.45) is 0. The molecule has 1 heterocycles. The van der Waals surface area contributed by atoms with E-state index >= 15 is 0 Å². The van der Waals surface area contributed by atoms with E-state index in [1.165, 1.54) is 6.92 Å². The van der Waals surface area contributed by atoms with Gasteiger partial charge in [0, 0.05) is 18.4 Å². The number of benzene rings is 1. The van der Waals surface area contributed by atoms with Gasteiger partial charge in [0.2, 0.25) is 0 Å². The van der Waals surface area contributed by atoms with Crippen LogP contribution in [0, 0.1) is 6.92 Å². The van der Waals surface area contributed by atoms with Crippen LogP contribution in [0.1, 0.15) is 18.3 Å². The van der Waals surface area contributed by atoms with Crippen LogP contribution in [-0.2, 0) is 23.2 Å². The minimum atomic E-state index is -0.328. The Morgan fingerprint density at radius 2 is 2.28 bits per heavy atom. The van der Waals surface area contributed by atoms with Crippen molar-refractivity contribution in [2.45, 2.75) is 20.5 Å². The highest BCUT2D eigenvalue weighted by Gasteiger charge is 2.15. The third-order valence-corrected chi connectivity index (χ3v) is 4.35. The summed E-state index contributed by atoms with van der Waals surface area (Å²) in [5.74, 6) is 0.338. The van der Waals surface area contributed by atoms with Gasteiger partial charge in [-0.2, -0.15) is 0 Å². The van der Waals surface area contributed by atoms with Gasteiger partial charge >= 0.3 is 5.97 Å². The first-order valence-electron chi connectivity index (χ1n) is 5.35. The molecule has 1 aromatic carbocycles. The average Bonchev–Trinajstić information content (AvgIpc) is 2.62. The zero-order valence-electron chi connectivity index (χ0n) is 10.3. The molecule has 6 heteroatoms. The lowest BCUT2D eigenvalue weighted by atomic mass is 10.2. The highest BCUT2D eigenvalue weighted by molar-refractivity contribution is 9.10. The average molecular weight is 332 g/mol. The molecule has 0 aliphatic heterocycles. The number of ether oxygens (including phenoxy) is 1. The maximum absolute atomic E-state index is 10.8. The molecule has 0 aliphatic rings. The Morgan fingerprint density at radius 3 is 2.89 bits per heavy atom. The van der Waals surface area contributed by atoms with Gasteiger partial charge in [-0.05, 0) is 34.5 Å². The lowest BCUT2D eigenvalue weighted by Gasteiger charge is -2.04. The summed E-state index contributed by atoms with van der Waals surface area (Å²) in [6.45, 7) is 3.48. The molecule has 0 amide bonds. The molecule has 4 nitrogen and oxygen atoms in total. The van der Waals surface area contributed by atoms with Crippen molar-refractivity contribution < 1.29 is 9.53 Å². The lowest BCUT2D eigenvalue weighted by molar-refractivity contribution is -0.142. The Balaban J connectivity index is 2.56. The van der Waals surface area contributed by atoms with Crippen LogP contribution >= 0.6 is 27.5 Å². The zero-order chi connectivity index (χ0) is 13.4. The second-order valence-electron chi connectivity index (χ2n) is 4.06. The van der Waals surface area contributed by atoms with Gasteiger partial charge in [-0.25, -0.2) is 4.98 Å². The summed E-state index contributed by atoms with van der Waals surface area (Å²) in [6, 6.07) is 2.00. The topological polar surface area (TPSA) is 44.1 Å². The fraction of sp³-hybridized carbons (Fsp3) is 0.333. The van der Waals surface area contributed by atoms with Gasteiger partial charge in [0.05, 0.1) is 10.5 Å². The van der Waals surface area contributed by atoms with E-state index in [4.69, 9.17) is 16.3 Å². The van der Waals surface area contributed by atoms with Crippen LogP contribution in [0.25, 0.3) is 11.0 Å². The largest absolute Gasteiger partial charge is 0.458 e. The van der Waals surface area contributed by atoms with Crippen molar-refractivity contribution in [2.24, 2.45) is 7.05 Å². The first-order chi connectivity index (χ1) is 8.41.